The maximum absolute atomic E-state index is 14.9. The Morgan fingerprint density at radius 2 is 1.56 bits per heavy atom. The van der Waals surface area contributed by atoms with E-state index >= 15 is 0 Å². The molecule has 1 saturated heterocycles. The van der Waals surface area contributed by atoms with Gasteiger partial charge in [0.15, 0.2) is 18.0 Å². The van der Waals surface area contributed by atoms with Gasteiger partial charge in [0.05, 0.1) is 24.1 Å². The number of carbonyl (C=O) groups excluding carboxylic acids is 3. The number of nitrogen functional groups attached to an aromatic ring is 1. The summed E-state index contributed by atoms with van der Waals surface area (Å²) >= 11 is 0. The van der Waals surface area contributed by atoms with Crippen LogP contribution in [0.5, 0.6) is 5.75 Å². The summed E-state index contributed by atoms with van der Waals surface area (Å²) in [4.78, 5) is 44.1. The highest BCUT2D eigenvalue weighted by Gasteiger charge is 2.68. The van der Waals surface area contributed by atoms with Crippen LogP contribution in [0.3, 0.4) is 0 Å². The van der Waals surface area contributed by atoms with Crippen molar-refractivity contribution in [3.05, 3.63) is 54.0 Å². The summed E-state index contributed by atoms with van der Waals surface area (Å²) < 4.78 is 52.8. The fraction of sp³-hybridized carbons (Fsp3) is 0.600. The number of nitrogens with two attached hydrogens (primary N) is 1. The zero-order valence-electron chi connectivity index (χ0n) is 34.5. The molecular formula is C40H55N6O10P. The minimum absolute atomic E-state index is 0.0430. The Bertz CT molecular complexity index is 2060. The molecular weight excluding hydrogens is 755 g/mol. The van der Waals surface area contributed by atoms with Crippen LogP contribution in [0.25, 0.3) is 5.52 Å². The first-order chi connectivity index (χ1) is 26.4. The normalized spacial score (nSPS) is 25.0. The number of ether oxygens (including phenoxy) is 4. The van der Waals surface area contributed by atoms with Crippen LogP contribution in [0.2, 0.25) is 0 Å². The van der Waals surface area contributed by atoms with Crippen molar-refractivity contribution in [2.75, 3.05) is 12.3 Å². The first kappa shape index (κ1) is 43.6. The number of esters is 3. The SMILES string of the molecule is CC(C)C(=O)O[C@@H]1[C@H](OC(=O)C(C)C)C(C)(COP(=O)(N[C@@H](C)C(=O)OC2CC(C)(C)C2)Oc2ccc(C(C)(C)C)cc2)O[C@@]1(C#N)c1ccc2c(N)ncnn12. The maximum Gasteiger partial charge on any atom is 0.459 e. The number of nitrogens with one attached hydrogen (secondary N) is 1. The Morgan fingerprint density at radius 1 is 0.965 bits per heavy atom. The number of hydrogen-bond acceptors (Lipinski definition) is 14. The van der Waals surface area contributed by atoms with Crippen LogP contribution in [-0.4, -0.2) is 69.1 Å². The first-order valence-electron chi connectivity index (χ1n) is 19.1. The first-order valence-corrected chi connectivity index (χ1v) is 20.6. The molecule has 1 saturated carbocycles. The monoisotopic (exact) mass is 810 g/mol. The second-order valence-electron chi connectivity index (χ2n) is 17.6. The molecule has 5 rings (SSSR count). The molecule has 3 N–H and O–H groups in total. The zero-order valence-corrected chi connectivity index (χ0v) is 35.4. The molecule has 3 heterocycles. The van der Waals surface area contributed by atoms with Crippen LogP contribution in [-0.2, 0) is 53.4 Å². The lowest BCUT2D eigenvalue weighted by Crippen LogP contribution is -2.50. The molecule has 1 aromatic carbocycles. The Kier molecular flexibility index (Phi) is 12.2. The molecule has 1 aliphatic carbocycles. The number of hydrogen-bond donors (Lipinski definition) is 2. The summed E-state index contributed by atoms with van der Waals surface area (Å²) in [6.45, 7) is 19.0. The summed E-state index contributed by atoms with van der Waals surface area (Å²) in [5.74, 6) is -3.15. The average Bonchev–Trinajstić information content (AvgIpc) is 3.65. The van der Waals surface area contributed by atoms with Crippen molar-refractivity contribution in [2.45, 2.75) is 130 Å². The van der Waals surface area contributed by atoms with E-state index in [-0.39, 0.29) is 34.2 Å². The summed E-state index contributed by atoms with van der Waals surface area (Å²) in [7, 11) is -4.56. The molecule has 0 radical (unpaired) electrons. The van der Waals surface area contributed by atoms with Crippen LogP contribution in [0.4, 0.5) is 5.82 Å². The quantitative estimate of drug-likeness (QED) is 0.106. The van der Waals surface area contributed by atoms with Gasteiger partial charge in [-0.2, -0.15) is 15.4 Å². The van der Waals surface area contributed by atoms with Crippen molar-refractivity contribution in [2.24, 2.45) is 17.3 Å². The molecule has 2 unspecified atom stereocenters. The minimum Gasteiger partial charge on any atom is -0.461 e. The Hall–Kier alpha value is -4.55. The van der Waals surface area contributed by atoms with E-state index in [0.29, 0.717) is 18.4 Å². The number of nitrogens with zero attached hydrogens (tertiary/aromatic N) is 4. The average molecular weight is 811 g/mol. The zero-order chi connectivity index (χ0) is 42.3. The van der Waals surface area contributed by atoms with Crippen LogP contribution < -0.4 is 15.3 Å². The molecule has 0 bridgehead atoms. The van der Waals surface area contributed by atoms with Gasteiger partial charge < -0.3 is 29.2 Å². The third kappa shape index (κ3) is 9.28. The summed E-state index contributed by atoms with van der Waals surface area (Å²) in [5, 5.41) is 18.1. The van der Waals surface area contributed by atoms with Gasteiger partial charge in [0, 0.05) is 0 Å². The molecule has 3 aromatic rings. The number of nitriles is 1. The molecule has 2 aliphatic rings. The van der Waals surface area contributed by atoms with Gasteiger partial charge in [-0.05, 0) is 67.3 Å². The van der Waals surface area contributed by atoms with Gasteiger partial charge in [-0.3, -0.25) is 18.9 Å². The van der Waals surface area contributed by atoms with Crippen molar-refractivity contribution in [1.29, 1.82) is 5.26 Å². The van der Waals surface area contributed by atoms with Gasteiger partial charge in [-0.1, -0.05) is 74.4 Å². The summed E-state index contributed by atoms with van der Waals surface area (Å²) in [5.41, 5.74) is 3.31. The van der Waals surface area contributed by atoms with E-state index in [4.69, 9.17) is 33.7 Å². The summed E-state index contributed by atoms with van der Waals surface area (Å²) in [6, 6.07) is 11.0. The highest BCUT2D eigenvalue weighted by molar-refractivity contribution is 7.52. The van der Waals surface area contributed by atoms with Gasteiger partial charge in [0.1, 0.15) is 41.4 Å². The van der Waals surface area contributed by atoms with E-state index in [1.54, 1.807) is 45.9 Å². The minimum atomic E-state index is -4.56. The molecule has 17 heteroatoms. The van der Waals surface area contributed by atoms with Gasteiger partial charge in [0.2, 0.25) is 5.60 Å². The predicted octanol–water partition coefficient (Wildman–Crippen LogP) is 6.17. The lowest BCUT2D eigenvalue weighted by Gasteiger charge is -2.42. The van der Waals surface area contributed by atoms with Gasteiger partial charge in [0.25, 0.3) is 0 Å². The van der Waals surface area contributed by atoms with Crippen molar-refractivity contribution in [1.82, 2.24) is 19.7 Å². The third-order valence-corrected chi connectivity index (χ3v) is 11.8. The Labute approximate surface area is 333 Å². The van der Waals surface area contributed by atoms with E-state index in [9.17, 15) is 24.2 Å². The molecule has 0 amide bonds. The fourth-order valence-electron chi connectivity index (χ4n) is 6.83. The van der Waals surface area contributed by atoms with Crippen LogP contribution >= 0.6 is 7.75 Å². The van der Waals surface area contributed by atoms with E-state index in [2.05, 4.69) is 35.1 Å². The molecule has 57 heavy (non-hydrogen) atoms. The number of carbonyl (C=O) groups is 3. The van der Waals surface area contributed by atoms with Crippen LogP contribution in [0, 0.1) is 28.6 Å². The Morgan fingerprint density at radius 3 is 2.11 bits per heavy atom. The Balaban J connectivity index is 1.56. The highest BCUT2D eigenvalue weighted by atomic mass is 31.2. The fourth-order valence-corrected chi connectivity index (χ4v) is 8.41. The number of benzene rings is 1. The smallest absolute Gasteiger partial charge is 0.459 e. The van der Waals surface area contributed by atoms with Crippen molar-refractivity contribution in [3.63, 3.8) is 0 Å². The second-order valence-corrected chi connectivity index (χ2v) is 19.3. The summed E-state index contributed by atoms with van der Waals surface area (Å²) in [6.07, 6.45) is -0.876. The number of anilines is 1. The molecule has 0 spiro atoms. The van der Waals surface area contributed by atoms with E-state index in [1.807, 2.05) is 32.9 Å². The van der Waals surface area contributed by atoms with Crippen molar-refractivity contribution in [3.8, 4) is 11.8 Å². The van der Waals surface area contributed by atoms with Gasteiger partial charge in [-0.25, -0.2) is 14.1 Å². The van der Waals surface area contributed by atoms with E-state index in [1.165, 1.54) is 30.8 Å². The molecule has 6 atom stereocenters. The van der Waals surface area contributed by atoms with E-state index < -0.39 is 73.5 Å². The third-order valence-electron chi connectivity index (χ3n) is 10.1. The standard InChI is InChI=1S/C40H55N6O10P/c1-23(2)34(47)53-31-32(54-35(48)24(3)4)40(20-41,30-17-16-29-33(42)43-22-44-46(29)30)56-39(31,11)21-51-57(50,55-27-14-12-26(13-15-27)37(6,7)8)45-25(5)36(49)52-28-18-38(9,10)19-28/h12-17,22-25,28,31-32H,18-19,21H2,1-11H3,(H,45,50)(H2,42,43,44)/t25-,31-,32+,39?,40-,57?/m0/s1. The van der Waals surface area contributed by atoms with Crippen LogP contribution in [0.1, 0.15) is 100 Å². The number of fused-ring (bicyclic) bond motifs is 1. The van der Waals surface area contributed by atoms with Crippen molar-refractivity contribution >= 4 is 37.0 Å². The second kappa shape index (κ2) is 16.0. The highest BCUT2D eigenvalue weighted by Crippen LogP contribution is 2.52. The molecule has 16 nitrogen and oxygen atoms in total. The number of aromatic nitrogens is 3. The van der Waals surface area contributed by atoms with Crippen LogP contribution in [0.15, 0.2) is 42.7 Å². The maximum atomic E-state index is 14.9. The largest absolute Gasteiger partial charge is 0.461 e. The van der Waals surface area contributed by atoms with E-state index in [0.717, 1.165) is 5.56 Å². The van der Waals surface area contributed by atoms with Crippen molar-refractivity contribution < 1.29 is 46.9 Å². The lowest BCUT2D eigenvalue weighted by atomic mass is 9.70. The molecule has 2 fully saturated rings. The number of rotatable bonds is 14. The molecule has 310 valence electrons. The van der Waals surface area contributed by atoms with Gasteiger partial charge >= 0.3 is 25.7 Å². The van der Waals surface area contributed by atoms with Gasteiger partial charge in [-0.15, -0.1) is 0 Å². The molecule has 2 aromatic heterocycles. The topological polar surface area (TPSA) is 216 Å². The lowest BCUT2D eigenvalue weighted by molar-refractivity contribution is -0.176. The molecule has 1 aliphatic heterocycles. The predicted molar refractivity (Wildman–Crippen MR) is 208 cm³/mol.